The molecule has 2 aliphatic rings. The molecule has 0 spiro atoms. The number of hydrogen-bond donors (Lipinski definition) is 1. The van der Waals surface area contributed by atoms with Gasteiger partial charge in [-0.2, -0.15) is 0 Å². The van der Waals surface area contributed by atoms with Crippen LogP contribution in [0.3, 0.4) is 0 Å². The van der Waals surface area contributed by atoms with Gasteiger partial charge in [0.1, 0.15) is 5.75 Å². The van der Waals surface area contributed by atoms with Crippen LogP contribution >= 0.6 is 0 Å². The molecule has 1 aromatic heterocycles. The Morgan fingerprint density at radius 2 is 2.05 bits per heavy atom. The van der Waals surface area contributed by atoms with E-state index in [0.29, 0.717) is 5.92 Å². The highest BCUT2D eigenvalue weighted by Crippen LogP contribution is 2.38. The second-order valence-corrected chi connectivity index (χ2v) is 6.64. The number of aromatic nitrogens is 1. The molecule has 2 atom stereocenters. The van der Waals surface area contributed by atoms with Crippen LogP contribution in [0.2, 0.25) is 0 Å². The minimum absolute atomic E-state index is 0.655. The summed E-state index contributed by atoms with van der Waals surface area (Å²) in [5.41, 5.74) is 1.38. The maximum Gasteiger partial charge on any atom is 0.137 e. The molecule has 1 heterocycles. The highest BCUT2D eigenvalue weighted by atomic mass is 16.5. The highest BCUT2D eigenvalue weighted by Gasteiger charge is 2.29. The second kappa shape index (κ2) is 7.26. The molecule has 0 aromatic carbocycles. The van der Waals surface area contributed by atoms with Gasteiger partial charge in [0.2, 0.25) is 0 Å². The first kappa shape index (κ1) is 14.8. The summed E-state index contributed by atoms with van der Waals surface area (Å²) < 4.78 is 5.75. The van der Waals surface area contributed by atoms with Crippen molar-refractivity contribution >= 4 is 0 Å². The fraction of sp³-hybridized carbons (Fsp3) is 0.722. The molecule has 21 heavy (non-hydrogen) atoms. The molecule has 3 rings (SSSR count). The summed E-state index contributed by atoms with van der Waals surface area (Å²) >= 11 is 0. The van der Waals surface area contributed by atoms with Gasteiger partial charge in [-0.25, -0.2) is 0 Å². The van der Waals surface area contributed by atoms with Crippen LogP contribution in [0.25, 0.3) is 0 Å². The minimum atomic E-state index is 0.655. The Morgan fingerprint density at radius 1 is 1.19 bits per heavy atom. The van der Waals surface area contributed by atoms with E-state index < -0.39 is 0 Å². The van der Waals surface area contributed by atoms with Crippen LogP contribution in [0.4, 0.5) is 0 Å². The molecular formula is C18H28N2O. The van der Waals surface area contributed by atoms with Gasteiger partial charge in [0.15, 0.2) is 0 Å². The Labute approximate surface area is 128 Å². The SMILES string of the molecule is CCCOc1cncc(C2CCCCC2CNC2CC2)c1. The summed E-state index contributed by atoms with van der Waals surface area (Å²) in [5, 5.41) is 3.72. The van der Waals surface area contributed by atoms with Crippen LogP contribution in [-0.2, 0) is 0 Å². The largest absolute Gasteiger partial charge is 0.492 e. The van der Waals surface area contributed by atoms with Gasteiger partial charge in [-0.05, 0) is 62.1 Å². The molecule has 3 heteroatoms. The molecule has 2 fully saturated rings. The molecule has 1 aromatic rings. The van der Waals surface area contributed by atoms with Crippen molar-refractivity contribution < 1.29 is 4.74 Å². The maximum absolute atomic E-state index is 5.75. The second-order valence-electron chi connectivity index (χ2n) is 6.64. The number of ether oxygens (including phenoxy) is 1. The number of hydrogen-bond acceptors (Lipinski definition) is 3. The zero-order chi connectivity index (χ0) is 14.5. The highest BCUT2D eigenvalue weighted by molar-refractivity contribution is 5.27. The van der Waals surface area contributed by atoms with E-state index in [-0.39, 0.29) is 0 Å². The number of nitrogens with one attached hydrogen (secondary N) is 1. The van der Waals surface area contributed by atoms with E-state index in [0.717, 1.165) is 30.7 Å². The smallest absolute Gasteiger partial charge is 0.137 e. The fourth-order valence-electron chi connectivity index (χ4n) is 3.43. The van der Waals surface area contributed by atoms with Crippen molar-refractivity contribution in [2.24, 2.45) is 5.92 Å². The van der Waals surface area contributed by atoms with E-state index in [1.165, 1.54) is 50.6 Å². The molecule has 2 aliphatic carbocycles. The summed E-state index contributed by atoms with van der Waals surface area (Å²) in [6.07, 6.45) is 13.1. The molecule has 0 bridgehead atoms. The molecule has 2 saturated carbocycles. The molecule has 0 saturated heterocycles. The summed E-state index contributed by atoms with van der Waals surface area (Å²) in [4.78, 5) is 4.41. The van der Waals surface area contributed by atoms with Gasteiger partial charge in [-0.3, -0.25) is 4.98 Å². The molecule has 0 radical (unpaired) electrons. The van der Waals surface area contributed by atoms with Crippen molar-refractivity contribution in [3.63, 3.8) is 0 Å². The van der Waals surface area contributed by atoms with E-state index in [1.54, 1.807) is 0 Å². The van der Waals surface area contributed by atoms with Gasteiger partial charge >= 0.3 is 0 Å². The number of nitrogens with zero attached hydrogens (tertiary/aromatic N) is 1. The lowest BCUT2D eigenvalue weighted by molar-refractivity contribution is 0.290. The summed E-state index contributed by atoms with van der Waals surface area (Å²) in [5.74, 6) is 2.36. The molecule has 0 aliphatic heterocycles. The summed E-state index contributed by atoms with van der Waals surface area (Å²) in [7, 11) is 0. The predicted molar refractivity (Wildman–Crippen MR) is 85.7 cm³/mol. The third kappa shape index (κ3) is 4.19. The molecule has 116 valence electrons. The first-order chi connectivity index (χ1) is 10.4. The Hall–Kier alpha value is -1.09. The Morgan fingerprint density at radius 3 is 2.86 bits per heavy atom. The van der Waals surface area contributed by atoms with Gasteiger partial charge in [0.25, 0.3) is 0 Å². The quantitative estimate of drug-likeness (QED) is 0.826. The normalized spacial score (nSPS) is 25.8. The van der Waals surface area contributed by atoms with Crippen LogP contribution < -0.4 is 10.1 Å². The van der Waals surface area contributed by atoms with E-state index in [9.17, 15) is 0 Å². The first-order valence-corrected chi connectivity index (χ1v) is 8.68. The molecule has 3 nitrogen and oxygen atoms in total. The van der Waals surface area contributed by atoms with Crippen LogP contribution in [0, 0.1) is 5.92 Å². The minimum Gasteiger partial charge on any atom is -0.492 e. The lowest BCUT2D eigenvalue weighted by Gasteiger charge is -2.32. The lowest BCUT2D eigenvalue weighted by Crippen LogP contribution is -2.30. The Balaban J connectivity index is 1.66. The average Bonchev–Trinajstić information content (AvgIpc) is 3.36. The van der Waals surface area contributed by atoms with Crippen molar-refractivity contribution in [2.75, 3.05) is 13.2 Å². The van der Waals surface area contributed by atoms with Crippen molar-refractivity contribution in [2.45, 2.75) is 63.8 Å². The van der Waals surface area contributed by atoms with Gasteiger partial charge < -0.3 is 10.1 Å². The standard InChI is InChI=1S/C18H28N2O/c1-2-9-21-17-10-15(11-19-13-17)18-6-4-3-5-14(18)12-20-16-7-8-16/h10-11,13-14,16,18,20H,2-9,12H2,1H3. The summed E-state index contributed by atoms with van der Waals surface area (Å²) in [6, 6.07) is 3.04. The average molecular weight is 288 g/mol. The predicted octanol–water partition coefficient (Wildman–Crippen LogP) is 3.90. The van der Waals surface area contributed by atoms with Crippen molar-refractivity contribution in [3.8, 4) is 5.75 Å². The van der Waals surface area contributed by atoms with Gasteiger partial charge in [0, 0.05) is 12.2 Å². The third-order valence-corrected chi connectivity index (χ3v) is 4.79. The van der Waals surface area contributed by atoms with Crippen LogP contribution in [-0.4, -0.2) is 24.2 Å². The van der Waals surface area contributed by atoms with Crippen LogP contribution in [0.15, 0.2) is 18.5 Å². The van der Waals surface area contributed by atoms with E-state index in [1.807, 2.05) is 6.20 Å². The Bertz CT molecular complexity index is 445. The van der Waals surface area contributed by atoms with Crippen LogP contribution in [0.5, 0.6) is 5.75 Å². The van der Waals surface area contributed by atoms with Crippen molar-refractivity contribution in [1.29, 1.82) is 0 Å². The molecule has 1 N–H and O–H groups in total. The van der Waals surface area contributed by atoms with Gasteiger partial charge in [0.05, 0.1) is 12.8 Å². The monoisotopic (exact) mass is 288 g/mol. The number of pyridine rings is 1. The van der Waals surface area contributed by atoms with E-state index in [4.69, 9.17) is 4.74 Å². The van der Waals surface area contributed by atoms with Gasteiger partial charge in [-0.15, -0.1) is 0 Å². The van der Waals surface area contributed by atoms with E-state index in [2.05, 4.69) is 29.5 Å². The number of rotatable bonds is 7. The molecule has 2 unspecified atom stereocenters. The Kier molecular flexibility index (Phi) is 5.13. The molecule has 0 amide bonds. The van der Waals surface area contributed by atoms with Crippen LogP contribution in [0.1, 0.15) is 63.4 Å². The molecular weight excluding hydrogens is 260 g/mol. The lowest BCUT2D eigenvalue weighted by atomic mass is 9.76. The summed E-state index contributed by atoms with van der Waals surface area (Å²) in [6.45, 7) is 4.09. The van der Waals surface area contributed by atoms with Gasteiger partial charge in [-0.1, -0.05) is 19.8 Å². The zero-order valence-electron chi connectivity index (χ0n) is 13.2. The van der Waals surface area contributed by atoms with Crippen molar-refractivity contribution in [3.05, 3.63) is 24.0 Å². The fourth-order valence-corrected chi connectivity index (χ4v) is 3.43. The first-order valence-electron chi connectivity index (χ1n) is 8.68. The zero-order valence-corrected chi connectivity index (χ0v) is 13.2. The topological polar surface area (TPSA) is 34.1 Å². The maximum atomic E-state index is 5.75. The third-order valence-electron chi connectivity index (χ3n) is 4.79. The van der Waals surface area contributed by atoms with E-state index >= 15 is 0 Å². The van der Waals surface area contributed by atoms with Crippen molar-refractivity contribution in [1.82, 2.24) is 10.3 Å².